The third-order valence-corrected chi connectivity index (χ3v) is 7.04. The number of nitrogens with zero attached hydrogens (tertiary/aromatic N) is 1. The van der Waals surface area contributed by atoms with Gasteiger partial charge in [-0.05, 0) is 30.3 Å². The summed E-state index contributed by atoms with van der Waals surface area (Å²) in [6.45, 7) is 0.742. The number of halogens is 3. The molecule has 0 atom stereocenters. The van der Waals surface area contributed by atoms with Gasteiger partial charge in [-0.25, -0.2) is 8.42 Å². The summed E-state index contributed by atoms with van der Waals surface area (Å²) in [7, 11) is -3.81. The molecule has 0 radical (unpaired) electrons. The number of hydrogen-bond donors (Lipinski definition) is 1. The van der Waals surface area contributed by atoms with Gasteiger partial charge in [0.15, 0.2) is 12.4 Å². The number of morpholine rings is 1. The highest BCUT2D eigenvalue weighted by atomic mass is 35.5. The molecule has 156 valence electrons. The summed E-state index contributed by atoms with van der Waals surface area (Å²) in [4.78, 5) is 12.1. The fraction of sp³-hybridized carbons (Fsp3) is 0.278. The van der Waals surface area contributed by atoms with E-state index in [0.717, 1.165) is 0 Å². The Labute approximate surface area is 183 Å². The van der Waals surface area contributed by atoms with Gasteiger partial charge in [-0.2, -0.15) is 4.31 Å². The van der Waals surface area contributed by atoms with E-state index in [2.05, 4.69) is 5.32 Å². The number of benzene rings is 2. The SMILES string of the molecule is O=C(COc1c(Cl)cccc1Cl)Nc1ccc(Cl)c(S(=O)(=O)N2CCOCC2)c1. The lowest BCUT2D eigenvalue weighted by Crippen LogP contribution is -2.40. The maximum atomic E-state index is 12.9. The standard InChI is InChI=1S/C18H17Cl3N2O5S/c19-13-5-4-12(10-16(13)29(25,26)23-6-8-27-9-7-23)22-17(24)11-28-18-14(20)2-1-3-15(18)21/h1-5,10H,6-9,11H2,(H,22,24). The number of sulfonamides is 1. The van der Waals surface area contributed by atoms with E-state index in [-0.39, 0.29) is 51.1 Å². The Morgan fingerprint density at radius 3 is 2.38 bits per heavy atom. The highest BCUT2D eigenvalue weighted by molar-refractivity contribution is 7.89. The van der Waals surface area contributed by atoms with Crippen LogP contribution >= 0.6 is 34.8 Å². The van der Waals surface area contributed by atoms with Crippen molar-refractivity contribution < 1.29 is 22.7 Å². The maximum absolute atomic E-state index is 12.9. The van der Waals surface area contributed by atoms with Crippen molar-refractivity contribution in [3.05, 3.63) is 51.5 Å². The van der Waals surface area contributed by atoms with Crippen LogP contribution < -0.4 is 10.1 Å². The zero-order valence-corrected chi connectivity index (χ0v) is 18.1. The topological polar surface area (TPSA) is 84.9 Å². The molecule has 11 heteroatoms. The third kappa shape index (κ3) is 5.33. The summed E-state index contributed by atoms with van der Waals surface area (Å²) >= 11 is 18.1. The molecular formula is C18H17Cl3N2O5S. The van der Waals surface area contributed by atoms with Crippen LogP contribution in [0.1, 0.15) is 0 Å². The van der Waals surface area contributed by atoms with E-state index in [1.807, 2.05) is 0 Å². The molecule has 2 aromatic rings. The van der Waals surface area contributed by atoms with Crippen LogP contribution in [-0.4, -0.2) is 51.5 Å². The fourth-order valence-electron chi connectivity index (χ4n) is 2.66. The summed E-state index contributed by atoms with van der Waals surface area (Å²) in [5.74, 6) is -0.323. The molecule has 1 N–H and O–H groups in total. The lowest BCUT2D eigenvalue weighted by molar-refractivity contribution is -0.118. The van der Waals surface area contributed by atoms with Crippen molar-refractivity contribution in [2.24, 2.45) is 0 Å². The number of anilines is 1. The molecule has 1 aliphatic rings. The van der Waals surface area contributed by atoms with Gasteiger partial charge < -0.3 is 14.8 Å². The van der Waals surface area contributed by atoms with Crippen LogP contribution in [-0.2, 0) is 19.6 Å². The number of para-hydroxylation sites is 1. The zero-order valence-electron chi connectivity index (χ0n) is 15.0. The first-order valence-corrected chi connectivity index (χ1v) is 11.1. The van der Waals surface area contributed by atoms with Crippen molar-refractivity contribution in [1.82, 2.24) is 4.31 Å². The molecule has 0 bridgehead atoms. The molecular weight excluding hydrogens is 463 g/mol. The Morgan fingerprint density at radius 1 is 1.07 bits per heavy atom. The highest BCUT2D eigenvalue weighted by Crippen LogP contribution is 2.32. The van der Waals surface area contributed by atoms with Gasteiger partial charge in [-0.15, -0.1) is 0 Å². The molecule has 1 saturated heterocycles. The van der Waals surface area contributed by atoms with E-state index in [0.29, 0.717) is 13.2 Å². The molecule has 1 heterocycles. The minimum absolute atomic E-state index is 0.0635. The molecule has 0 aliphatic carbocycles. The van der Waals surface area contributed by atoms with Gasteiger partial charge >= 0.3 is 0 Å². The Hall–Kier alpha value is -1.55. The summed E-state index contributed by atoms with van der Waals surface area (Å²) in [5.41, 5.74) is 0.264. The van der Waals surface area contributed by atoms with Gasteiger partial charge in [0.2, 0.25) is 10.0 Å². The molecule has 1 amide bonds. The first kappa shape index (κ1) is 22.1. The number of ether oxygens (including phenoxy) is 2. The second-order valence-electron chi connectivity index (χ2n) is 6.05. The van der Waals surface area contributed by atoms with Crippen LogP contribution in [0.5, 0.6) is 5.75 Å². The fourth-order valence-corrected chi connectivity index (χ4v) is 5.07. The summed E-state index contributed by atoms with van der Waals surface area (Å²) in [6, 6.07) is 9.05. The Bertz CT molecular complexity index is 990. The van der Waals surface area contributed by atoms with Crippen molar-refractivity contribution in [2.75, 3.05) is 38.2 Å². The Balaban J connectivity index is 1.71. The Morgan fingerprint density at radius 2 is 1.72 bits per heavy atom. The van der Waals surface area contributed by atoms with Gasteiger partial charge in [0.1, 0.15) is 4.90 Å². The van der Waals surface area contributed by atoms with Crippen molar-refractivity contribution in [3.8, 4) is 5.75 Å². The largest absolute Gasteiger partial charge is 0.481 e. The van der Waals surface area contributed by atoms with E-state index in [1.165, 1.54) is 22.5 Å². The first-order valence-electron chi connectivity index (χ1n) is 8.53. The highest BCUT2D eigenvalue weighted by Gasteiger charge is 2.28. The minimum Gasteiger partial charge on any atom is -0.481 e. The molecule has 29 heavy (non-hydrogen) atoms. The van der Waals surface area contributed by atoms with E-state index in [9.17, 15) is 13.2 Å². The summed E-state index contributed by atoms with van der Waals surface area (Å²) in [5, 5.41) is 3.19. The van der Waals surface area contributed by atoms with E-state index in [4.69, 9.17) is 44.3 Å². The summed E-state index contributed by atoms with van der Waals surface area (Å²) < 4.78 is 37.6. The number of rotatable bonds is 6. The number of carbonyl (C=O) groups is 1. The smallest absolute Gasteiger partial charge is 0.262 e. The second-order valence-corrected chi connectivity index (χ2v) is 9.18. The average molecular weight is 480 g/mol. The normalized spacial score (nSPS) is 15.1. The van der Waals surface area contributed by atoms with Crippen molar-refractivity contribution in [2.45, 2.75) is 4.90 Å². The first-order chi connectivity index (χ1) is 13.8. The zero-order chi connectivity index (χ0) is 21.0. The monoisotopic (exact) mass is 478 g/mol. The van der Waals surface area contributed by atoms with Crippen LogP contribution in [0, 0.1) is 0 Å². The predicted octanol–water partition coefficient (Wildman–Crippen LogP) is 3.69. The minimum atomic E-state index is -3.81. The van der Waals surface area contributed by atoms with E-state index < -0.39 is 15.9 Å². The van der Waals surface area contributed by atoms with Crippen molar-refractivity contribution in [3.63, 3.8) is 0 Å². The molecule has 7 nitrogen and oxygen atoms in total. The van der Waals surface area contributed by atoms with Crippen LogP contribution in [0.4, 0.5) is 5.69 Å². The molecule has 1 aliphatic heterocycles. The second kappa shape index (κ2) is 9.51. The van der Waals surface area contributed by atoms with Crippen molar-refractivity contribution in [1.29, 1.82) is 0 Å². The van der Waals surface area contributed by atoms with E-state index in [1.54, 1.807) is 18.2 Å². The number of hydrogen-bond acceptors (Lipinski definition) is 5. The van der Waals surface area contributed by atoms with Gasteiger partial charge in [-0.1, -0.05) is 40.9 Å². The lowest BCUT2D eigenvalue weighted by atomic mass is 10.3. The van der Waals surface area contributed by atoms with Gasteiger partial charge in [0.25, 0.3) is 5.91 Å². The molecule has 0 spiro atoms. The molecule has 3 rings (SSSR count). The van der Waals surface area contributed by atoms with Crippen LogP contribution in [0.25, 0.3) is 0 Å². The van der Waals surface area contributed by atoms with Gasteiger partial charge in [-0.3, -0.25) is 4.79 Å². The lowest BCUT2D eigenvalue weighted by Gasteiger charge is -2.26. The molecule has 1 fully saturated rings. The average Bonchev–Trinajstić information content (AvgIpc) is 2.69. The quantitative estimate of drug-likeness (QED) is 0.683. The summed E-state index contributed by atoms with van der Waals surface area (Å²) in [6.07, 6.45) is 0. The van der Waals surface area contributed by atoms with Crippen molar-refractivity contribution >= 4 is 56.4 Å². The van der Waals surface area contributed by atoms with Crippen LogP contribution in [0.3, 0.4) is 0 Å². The molecule has 2 aromatic carbocycles. The Kier molecular flexibility index (Phi) is 7.26. The van der Waals surface area contributed by atoms with Crippen LogP contribution in [0.2, 0.25) is 15.1 Å². The third-order valence-electron chi connectivity index (χ3n) is 4.07. The number of carbonyl (C=O) groups excluding carboxylic acids is 1. The van der Waals surface area contributed by atoms with Gasteiger partial charge in [0, 0.05) is 18.8 Å². The predicted molar refractivity (Wildman–Crippen MR) is 112 cm³/mol. The molecule has 0 saturated carbocycles. The number of amides is 1. The van der Waals surface area contributed by atoms with Crippen LogP contribution in [0.15, 0.2) is 41.3 Å². The number of nitrogens with one attached hydrogen (secondary N) is 1. The molecule has 0 unspecified atom stereocenters. The molecule has 0 aromatic heterocycles. The van der Waals surface area contributed by atoms with Gasteiger partial charge in [0.05, 0.1) is 28.3 Å². The maximum Gasteiger partial charge on any atom is 0.262 e. The van der Waals surface area contributed by atoms with E-state index >= 15 is 0 Å².